The Bertz CT molecular complexity index is 1830. The van der Waals surface area contributed by atoms with Crippen LogP contribution in [0.5, 0.6) is 5.75 Å². The second-order valence-electron chi connectivity index (χ2n) is 9.76. The molecule has 3 aromatic carbocycles. The number of aromatic amines is 1. The number of amides is 4. The number of urea groups is 2. The number of carbonyl (C=O) groups is 6. The van der Waals surface area contributed by atoms with Crippen molar-refractivity contribution < 1.29 is 47.7 Å². The molecule has 0 radical (unpaired) electrons. The molecule has 4 amide bonds. The van der Waals surface area contributed by atoms with Gasteiger partial charge in [0.1, 0.15) is 5.69 Å². The largest absolute Gasteiger partial charge is 0.493 e. The average molecular weight is 757 g/mol. The zero-order valence-electron chi connectivity index (χ0n) is 29.6. The molecule has 4 aromatic rings. The average Bonchev–Trinajstić information content (AvgIpc) is 3.66. The first-order valence-electron chi connectivity index (χ1n) is 14.7. The molecule has 284 valence electrons. The van der Waals surface area contributed by atoms with Gasteiger partial charge in [-0.1, -0.05) is 36.4 Å². The van der Waals surface area contributed by atoms with Crippen molar-refractivity contribution in [1.29, 1.82) is 0 Å². The van der Waals surface area contributed by atoms with Gasteiger partial charge in [0, 0.05) is 11.1 Å². The molecule has 18 nitrogen and oxygen atoms in total. The van der Waals surface area contributed by atoms with E-state index in [2.05, 4.69) is 46.5 Å². The second-order valence-corrected chi connectivity index (χ2v) is 9.76. The molecule has 0 aliphatic carbocycles. The van der Waals surface area contributed by atoms with Crippen molar-refractivity contribution in [2.75, 3.05) is 28.4 Å². The van der Waals surface area contributed by atoms with E-state index < -0.39 is 24.0 Å². The van der Waals surface area contributed by atoms with Crippen LogP contribution < -0.4 is 32.9 Å². The maximum Gasteiger partial charge on any atom is 0.337 e. The minimum atomic E-state index is -0.726. The molecule has 0 unspecified atom stereocenters. The maximum absolute atomic E-state index is 11.3. The molecule has 53 heavy (non-hydrogen) atoms. The van der Waals surface area contributed by atoms with E-state index in [0.29, 0.717) is 33.7 Å². The minimum Gasteiger partial charge on any atom is -0.493 e. The Hall–Kier alpha value is -6.79. The number of H-pyrrole nitrogens is 1. The quantitative estimate of drug-likeness (QED) is 0.0287. The molecule has 0 saturated carbocycles. The molecule has 0 saturated heterocycles. The van der Waals surface area contributed by atoms with Crippen molar-refractivity contribution in [2.45, 2.75) is 13.8 Å². The van der Waals surface area contributed by atoms with Crippen LogP contribution in [0, 0.1) is 0 Å². The smallest absolute Gasteiger partial charge is 0.337 e. The topological polar surface area (TPSA) is 282 Å². The lowest BCUT2D eigenvalue weighted by molar-refractivity contribution is 0.0592. The summed E-state index contributed by atoms with van der Waals surface area (Å²) in [6, 6.07) is 18.6. The van der Waals surface area contributed by atoms with Gasteiger partial charge in [-0.2, -0.15) is 10.2 Å². The van der Waals surface area contributed by atoms with E-state index in [-0.39, 0.29) is 24.2 Å². The minimum absolute atomic E-state index is 0. The van der Waals surface area contributed by atoms with Crippen LogP contribution >= 0.6 is 12.4 Å². The monoisotopic (exact) mass is 756 g/mol. The number of esters is 3. The number of benzene rings is 3. The van der Waals surface area contributed by atoms with Gasteiger partial charge in [-0.15, -0.1) is 12.4 Å². The summed E-state index contributed by atoms with van der Waals surface area (Å²) >= 11 is 0. The first-order valence-corrected chi connectivity index (χ1v) is 14.7. The number of nitrogens with one attached hydrogen (secondary N) is 3. The van der Waals surface area contributed by atoms with E-state index in [9.17, 15) is 28.8 Å². The summed E-state index contributed by atoms with van der Waals surface area (Å²) < 4.78 is 18.9. The van der Waals surface area contributed by atoms with E-state index >= 15 is 0 Å². The Morgan fingerprint density at radius 2 is 1.02 bits per heavy atom. The van der Waals surface area contributed by atoms with Crippen molar-refractivity contribution >= 4 is 53.9 Å². The number of Topliss-reactive ketones (excluding diaryl/α,β-unsaturated/α-hetero) is 1. The number of hydrogen-bond acceptors (Lipinski definition) is 13. The fourth-order valence-corrected chi connectivity index (χ4v) is 3.66. The molecule has 1 aromatic heterocycles. The van der Waals surface area contributed by atoms with Crippen LogP contribution in [0.4, 0.5) is 9.59 Å². The van der Waals surface area contributed by atoms with Crippen LogP contribution in [0.15, 0.2) is 84.1 Å². The molecule has 0 aliphatic rings. The molecule has 19 heteroatoms. The third-order valence-electron chi connectivity index (χ3n) is 6.33. The van der Waals surface area contributed by atoms with Crippen molar-refractivity contribution in [3.05, 3.63) is 107 Å². The number of aromatic nitrogens is 2. The van der Waals surface area contributed by atoms with Gasteiger partial charge in [-0.05, 0) is 55.8 Å². The van der Waals surface area contributed by atoms with Crippen LogP contribution in [-0.4, -0.2) is 80.1 Å². The Morgan fingerprint density at radius 3 is 1.36 bits per heavy atom. The van der Waals surface area contributed by atoms with Crippen LogP contribution in [0.2, 0.25) is 0 Å². The molecule has 0 aliphatic heterocycles. The number of carbonyl (C=O) groups excluding carboxylic acids is 6. The Labute approximate surface area is 310 Å². The number of nitrogens with two attached hydrogens (primary N) is 3. The first-order chi connectivity index (χ1) is 24.7. The van der Waals surface area contributed by atoms with E-state index in [4.69, 9.17) is 10.5 Å². The molecule has 9 N–H and O–H groups in total. The SMILES string of the molecule is COC(=O)c1ccc(-c2[nH]ncc2OC)cc1.COC(=O)c1ccc(/C(C)=N/NC(N)=O)cc1.COC(=O)c1ccc(C(C)=O)cc1.Cl.NNC(N)=O. The summed E-state index contributed by atoms with van der Waals surface area (Å²) in [5, 5.41) is 10.5. The van der Waals surface area contributed by atoms with Crippen molar-refractivity contribution in [2.24, 2.45) is 22.4 Å². The van der Waals surface area contributed by atoms with Crippen molar-refractivity contribution in [1.82, 2.24) is 21.0 Å². The number of halogens is 1. The van der Waals surface area contributed by atoms with Gasteiger partial charge >= 0.3 is 30.0 Å². The Morgan fingerprint density at radius 1 is 0.642 bits per heavy atom. The molecule has 1 heterocycles. The predicted octanol–water partition coefficient (Wildman–Crippen LogP) is 3.36. The molecular formula is C34H41ClN8O10. The van der Waals surface area contributed by atoms with Crippen LogP contribution in [0.1, 0.15) is 60.8 Å². The number of hydrogen-bond donors (Lipinski definition) is 6. The highest BCUT2D eigenvalue weighted by Gasteiger charge is 2.10. The second kappa shape index (κ2) is 24.4. The number of methoxy groups -OCH3 is 4. The summed E-state index contributed by atoms with van der Waals surface area (Å²) in [5.41, 5.74) is 18.1. The fraction of sp³-hybridized carbons (Fsp3) is 0.176. The van der Waals surface area contributed by atoms with Gasteiger partial charge in [-0.25, -0.2) is 35.2 Å². The van der Waals surface area contributed by atoms with Crippen LogP contribution in [-0.2, 0) is 14.2 Å². The molecule has 0 fully saturated rings. The Kier molecular flexibility index (Phi) is 21.3. The summed E-state index contributed by atoms with van der Waals surface area (Å²) in [4.78, 5) is 64.1. The number of ether oxygens (including phenoxy) is 4. The van der Waals surface area contributed by atoms with Crippen LogP contribution in [0.3, 0.4) is 0 Å². The zero-order chi connectivity index (χ0) is 39.2. The third kappa shape index (κ3) is 16.2. The Balaban J connectivity index is 0.000000718. The molecule has 0 bridgehead atoms. The number of rotatable bonds is 8. The fourth-order valence-electron chi connectivity index (χ4n) is 3.66. The van der Waals surface area contributed by atoms with E-state index in [1.165, 1.54) is 28.3 Å². The summed E-state index contributed by atoms with van der Waals surface area (Å²) in [6.07, 6.45) is 1.60. The lowest BCUT2D eigenvalue weighted by Crippen LogP contribution is -2.34. The highest BCUT2D eigenvalue weighted by molar-refractivity contribution is 6.00. The number of primary amides is 2. The highest BCUT2D eigenvalue weighted by atomic mass is 35.5. The highest BCUT2D eigenvalue weighted by Crippen LogP contribution is 2.27. The molecule has 4 rings (SSSR count). The van der Waals surface area contributed by atoms with Gasteiger partial charge in [0.05, 0.1) is 57.0 Å². The zero-order valence-corrected chi connectivity index (χ0v) is 30.4. The number of hydrazone groups is 1. The van der Waals surface area contributed by atoms with Gasteiger partial charge in [0.15, 0.2) is 11.5 Å². The van der Waals surface area contributed by atoms with Crippen molar-refractivity contribution in [3.63, 3.8) is 0 Å². The van der Waals surface area contributed by atoms with Gasteiger partial charge < -0.3 is 30.4 Å². The van der Waals surface area contributed by atoms with E-state index in [1.54, 1.807) is 86.3 Å². The molecule has 0 spiro atoms. The molecule has 0 atom stereocenters. The predicted molar refractivity (Wildman–Crippen MR) is 197 cm³/mol. The van der Waals surface area contributed by atoms with E-state index in [0.717, 1.165) is 16.8 Å². The number of hydrazine groups is 1. The van der Waals surface area contributed by atoms with E-state index in [1.807, 2.05) is 12.1 Å². The van der Waals surface area contributed by atoms with Gasteiger partial charge in [0.25, 0.3) is 0 Å². The lowest BCUT2D eigenvalue weighted by Gasteiger charge is -2.03. The summed E-state index contributed by atoms with van der Waals surface area (Å²) in [5.74, 6) is 3.94. The maximum atomic E-state index is 11.3. The van der Waals surface area contributed by atoms with Crippen molar-refractivity contribution in [3.8, 4) is 17.0 Å². The summed E-state index contributed by atoms with van der Waals surface area (Å²) in [6.45, 7) is 3.19. The number of nitrogens with zero attached hydrogens (tertiary/aromatic N) is 2. The normalized spacial score (nSPS) is 9.60. The summed E-state index contributed by atoms with van der Waals surface area (Å²) in [7, 11) is 5.58. The van der Waals surface area contributed by atoms with Gasteiger partial charge in [0.2, 0.25) is 0 Å². The van der Waals surface area contributed by atoms with Crippen LogP contribution in [0.25, 0.3) is 11.3 Å². The standard InChI is InChI=1S/C12H12N2O3.C11H13N3O3.C10H10O3.CH5N3O.ClH/c1-16-10-7-13-14-11(10)8-3-5-9(6-4-8)12(15)17-2;1-7(13-14-11(12)16)8-3-5-9(6-4-8)10(15)17-2;1-7(11)8-3-5-9(6-4-8)10(12)13-2;2-1(5)4-3;/h3-7H,1-2H3,(H,13,14);3-6H,1-2H3,(H3,12,14,16);3-6H,1-2H3;3H2,(H3,2,4,5);1H/b;13-7+;;;. The lowest BCUT2D eigenvalue weighted by atomic mass is 10.1. The van der Waals surface area contributed by atoms with Gasteiger partial charge in [-0.3, -0.25) is 15.3 Å². The first kappa shape index (κ1) is 46.2. The molecular weight excluding hydrogens is 716 g/mol. The number of ketones is 1. The third-order valence-corrected chi connectivity index (χ3v) is 6.33.